The number of hydrogen-bond acceptors (Lipinski definition) is 2. The van der Waals surface area contributed by atoms with E-state index in [1.807, 2.05) is 6.92 Å². The van der Waals surface area contributed by atoms with Gasteiger partial charge in [-0.2, -0.15) is 0 Å². The van der Waals surface area contributed by atoms with Crippen LogP contribution in [0.4, 0.5) is 4.39 Å². The Balaban J connectivity index is 0.00000225. The summed E-state index contributed by atoms with van der Waals surface area (Å²) in [5, 5.41) is 0. The van der Waals surface area contributed by atoms with Crippen LogP contribution in [0.3, 0.4) is 0 Å². The molecule has 0 fully saturated rings. The van der Waals surface area contributed by atoms with Crippen LogP contribution in [0.5, 0.6) is 5.75 Å². The average Bonchev–Trinajstić information content (AvgIpc) is 2.16. The number of methoxy groups -OCH3 is 1. The van der Waals surface area contributed by atoms with Crippen LogP contribution in [-0.4, -0.2) is 7.11 Å². The number of hydrogen-bond donors (Lipinski definition) is 1. The number of para-hydroxylation sites is 1. The zero-order valence-electron chi connectivity index (χ0n) is 9.50. The van der Waals surface area contributed by atoms with Crippen LogP contribution in [0.15, 0.2) is 30.4 Å². The summed E-state index contributed by atoms with van der Waals surface area (Å²) in [6.45, 7) is 5.68. The number of nitrogens with two attached hydrogens (primary N) is 1. The predicted octanol–water partition coefficient (Wildman–Crippen LogP) is 3.22. The molecule has 1 atom stereocenters. The van der Waals surface area contributed by atoms with Crippen LogP contribution >= 0.6 is 12.4 Å². The number of rotatable bonds is 4. The van der Waals surface area contributed by atoms with E-state index in [1.54, 1.807) is 12.1 Å². The van der Waals surface area contributed by atoms with Gasteiger partial charge in [0.2, 0.25) is 0 Å². The molecule has 90 valence electrons. The van der Waals surface area contributed by atoms with Gasteiger partial charge in [-0.05, 0) is 19.4 Å². The molecule has 16 heavy (non-hydrogen) atoms. The van der Waals surface area contributed by atoms with Crippen molar-refractivity contribution in [2.45, 2.75) is 19.4 Å². The van der Waals surface area contributed by atoms with Gasteiger partial charge in [-0.3, -0.25) is 0 Å². The Kier molecular flexibility index (Phi) is 6.08. The lowest BCUT2D eigenvalue weighted by Crippen LogP contribution is -2.12. The first kappa shape index (κ1) is 14.9. The van der Waals surface area contributed by atoms with E-state index in [1.165, 1.54) is 13.2 Å². The highest BCUT2D eigenvalue weighted by molar-refractivity contribution is 5.85. The summed E-state index contributed by atoms with van der Waals surface area (Å²) in [4.78, 5) is 0. The molecule has 0 aromatic heterocycles. The van der Waals surface area contributed by atoms with E-state index >= 15 is 0 Å². The van der Waals surface area contributed by atoms with Crippen LogP contribution < -0.4 is 10.5 Å². The second-order valence-electron chi connectivity index (χ2n) is 3.63. The second-order valence-corrected chi connectivity index (χ2v) is 3.63. The first-order chi connectivity index (χ1) is 7.06. The maximum Gasteiger partial charge on any atom is 0.165 e. The standard InChI is InChI=1S/C12H16FNO.ClH/c1-8(2)7-11(14)9-5-4-6-10(13)12(9)15-3;/h4-6,11H,1,7,14H2,2-3H3;1H/t11-;/m1./s1. The maximum atomic E-state index is 13.3. The second kappa shape index (κ2) is 6.51. The Morgan fingerprint density at radius 2 is 2.19 bits per heavy atom. The smallest absolute Gasteiger partial charge is 0.165 e. The zero-order chi connectivity index (χ0) is 11.4. The molecular formula is C12H17ClFNO. The summed E-state index contributed by atoms with van der Waals surface area (Å²) in [7, 11) is 1.44. The van der Waals surface area contributed by atoms with E-state index in [-0.39, 0.29) is 30.0 Å². The molecule has 1 rings (SSSR count). The third-order valence-corrected chi connectivity index (χ3v) is 2.17. The topological polar surface area (TPSA) is 35.2 Å². The zero-order valence-corrected chi connectivity index (χ0v) is 10.3. The molecule has 0 amide bonds. The lowest BCUT2D eigenvalue weighted by atomic mass is 10.0. The fourth-order valence-electron chi connectivity index (χ4n) is 1.52. The van der Waals surface area contributed by atoms with E-state index in [0.29, 0.717) is 12.0 Å². The molecule has 0 spiro atoms. The van der Waals surface area contributed by atoms with Crippen molar-refractivity contribution in [1.29, 1.82) is 0 Å². The predicted molar refractivity (Wildman–Crippen MR) is 66.6 cm³/mol. The van der Waals surface area contributed by atoms with Gasteiger partial charge in [-0.1, -0.05) is 17.7 Å². The minimum absolute atomic E-state index is 0. The molecule has 0 unspecified atom stereocenters. The molecule has 2 nitrogen and oxygen atoms in total. The molecule has 1 aromatic rings. The quantitative estimate of drug-likeness (QED) is 0.827. The normalized spacial score (nSPS) is 11.5. The molecule has 0 saturated carbocycles. The first-order valence-corrected chi connectivity index (χ1v) is 4.78. The monoisotopic (exact) mass is 245 g/mol. The molecular weight excluding hydrogens is 229 g/mol. The van der Waals surface area contributed by atoms with Gasteiger partial charge in [0.25, 0.3) is 0 Å². The van der Waals surface area contributed by atoms with Crippen molar-refractivity contribution in [3.63, 3.8) is 0 Å². The summed E-state index contributed by atoms with van der Waals surface area (Å²) < 4.78 is 18.3. The van der Waals surface area contributed by atoms with Crippen LogP contribution in [0.2, 0.25) is 0 Å². The van der Waals surface area contributed by atoms with Crippen molar-refractivity contribution in [2.24, 2.45) is 5.73 Å². The molecule has 0 aliphatic carbocycles. The van der Waals surface area contributed by atoms with Crippen molar-refractivity contribution in [1.82, 2.24) is 0 Å². The largest absolute Gasteiger partial charge is 0.493 e. The molecule has 0 aliphatic heterocycles. The van der Waals surface area contributed by atoms with Crippen molar-refractivity contribution in [2.75, 3.05) is 7.11 Å². The van der Waals surface area contributed by atoms with E-state index in [0.717, 1.165) is 5.57 Å². The van der Waals surface area contributed by atoms with Gasteiger partial charge < -0.3 is 10.5 Å². The van der Waals surface area contributed by atoms with E-state index in [2.05, 4.69) is 6.58 Å². The fourth-order valence-corrected chi connectivity index (χ4v) is 1.52. The van der Waals surface area contributed by atoms with Gasteiger partial charge in [0, 0.05) is 11.6 Å². The third-order valence-electron chi connectivity index (χ3n) is 2.17. The van der Waals surface area contributed by atoms with Gasteiger partial charge in [0.1, 0.15) is 0 Å². The van der Waals surface area contributed by atoms with E-state index < -0.39 is 0 Å². The lowest BCUT2D eigenvalue weighted by molar-refractivity contribution is 0.377. The number of benzene rings is 1. The minimum Gasteiger partial charge on any atom is -0.493 e. The highest BCUT2D eigenvalue weighted by atomic mass is 35.5. The summed E-state index contributed by atoms with van der Waals surface area (Å²) >= 11 is 0. The highest BCUT2D eigenvalue weighted by Crippen LogP contribution is 2.29. The van der Waals surface area contributed by atoms with Crippen LogP contribution in [0, 0.1) is 5.82 Å². The number of halogens is 2. The lowest BCUT2D eigenvalue weighted by Gasteiger charge is -2.15. The molecule has 1 aromatic carbocycles. The Hall–Kier alpha value is -1.06. The van der Waals surface area contributed by atoms with Crippen LogP contribution in [-0.2, 0) is 0 Å². The Morgan fingerprint density at radius 1 is 1.56 bits per heavy atom. The molecule has 2 N–H and O–H groups in total. The van der Waals surface area contributed by atoms with Gasteiger partial charge in [-0.15, -0.1) is 19.0 Å². The Bertz CT molecular complexity index is 368. The fraction of sp³-hybridized carbons (Fsp3) is 0.333. The van der Waals surface area contributed by atoms with Gasteiger partial charge in [0.15, 0.2) is 11.6 Å². The average molecular weight is 246 g/mol. The van der Waals surface area contributed by atoms with Gasteiger partial charge in [0.05, 0.1) is 7.11 Å². The molecule has 0 bridgehead atoms. The van der Waals surface area contributed by atoms with Crippen LogP contribution in [0.25, 0.3) is 0 Å². The third kappa shape index (κ3) is 3.51. The molecule has 0 heterocycles. The Labute approximate surface area is 102 Å². The molecule has 4 heteroatoms. The molecule has 0 saturated heterocycles. The van der Waals surface area contributed by atoms with Crippen molar-refractivity contribution in [3.8, 4) is 5.75 Å². The van der Waals surface area contributed by atoms with Gasteiger partial charge >= 0.3 is 0 Å². The van der Waals surface area contributed by atoms with Crippen molar-refractivity contribution in [3.05, 3.63) is 41.7 Å². The summed E-state index contributed by atoms with van der Waals surface area (Å²) in [6, 6.07) is 4.49. The molecule has 0 aliphatic rings. The minimum atomic E-state index is -0.382. The first-order valence-electron chi connectivity index (χ1n) is 4.78. The summed E-state index contributed by atoms with van der Waals surface area (Å²) in [5.74, 6) is -0.154. The SMILES string of the molecule is C=C(C)C[C@@H](N)c1cccc(F)c1OC.Cl. The van der Waals surface area contributed by atoms with E-state index in [4.69, 9.17) is 10.5 Å². The van der Waals surface area contributed by atoms with Crippen LogP contribution in [0.1, 0.15) is 24.9 Å². The van der Waals surface area contributed by atoms with Crippen molar-refractivity contribution < 1.29 is 9.13 Å². The molecule has 0 radical (unpaired) electrons. The maximum absolute atomic E-state index is 13.3. The van der Waals surface area contributed by atoms with E-state index in [9.17, 15) is 4.39 Å². The van der Waals surface area contributed by atoms with Gasteiger partial charge in [-0.25, -0.2) is 4.39 Å². The highest BCUT2D eigenvalue weighted by Gasteiger charge is 2.14. The van der Waals surface area contributed by atoms with Crippen molar-refractivity contribution >= 4 is 12.4 Å². The Morgan fingerprint density at radius 3 is 2.69 bits per heavy atom. The summed E-state index contributed by atoms with van der Waals surface area (Å²) in [6.07, 6.45) is 0.625. The summed E-state index contributed by atoms with van der Waals surface area (Å²) in [5.41, 5.74) is 7.58. The number of ether oxygens (including phenoxy) is 1.